The van der Waals surface area contributed by atoms with E-state index in [2.05, 4.69) is 50.0 Å². The Kier molecular flexibility index (Phi) is 6.42. The maximum absolute atomic E-state index is 5.92. The molecule has 2 rings (SSSR count). The van der Waals surface area contributed by atoms with Crippen LogP contribution in [0.25, 0.3) is 0 Å². The second kappa shape index (κ2) is 7.89. The van der Waals surface area contributed by atoms with Gasteiger partial charge in [-0.2, -0.15) is 11.8 Å². The van der Waals surface area contributed by atoms with Crippen LogP contribution in [0.2, 0.25) is 0 Å². The van der Waals surface area contributed by atoms with Gasteiger partial charge < -0.3 is 9.73 Å². The molecular formula is C18H32N2OS. The topological polar surface area (TPSA) is 28.4 Å². The monoisotopic (exact) mass is 324 g/mol. The lowest BCUT2D eigenvalue weighted by atomic mass is 10.2. The summed E-state index contributed by atoms with van der Waals surface area (Å²) in [5.41, 5.74) is 0. The van der Waals surface area contributed by atoms with Crippen LogP contribution in [0.15, 0.2) is 16.5 Å². The van der Waals surface area contributed by atoms with Crippen molar-refractivity contribution in [3.63, 3.8) is 0 Å². The number of furan rings is 1. The molecule has 0 amide bonds. The summed E-state index contributed by atoms with van der Waals surface area (Å²) in [6.07, 6.45) is 2.62. The molecule has 0 aliphatic carbocycles. The van der Waals surface area contributed by atoms with Crippen molar-refractivity contribution >= 4 is 11.8 Å². The number of thioether (sulfide) groups is 1. The van der Waals surface area contributed by atoms with Gasteiger partial charge in [-0.3, -0.25) is 4.90 Å². The van der Waals surface area contributed by atoms with Crippen LogP contribution >= 0.6 is 11.8 Å². The molecule has 3 nitrogen and oxygen atoms in total. The van der Waals surface area contributed by atoms with E-state index >= 15 is 0 Å². The molecule has 0 unspecified atom stereocenters. The summed E-state index contributed by atoms with van der Waals surface area (Å²) in [6, 6.07) is 5.12. The number of nitrogens with one attached hydrogen (secondary N) is 1. The van der Waals surface area contributed by atoms with Gasteiger partial charge in [-0.25, -0.2) is 0 Å². The quantitative estimate of drug-likeness (QED) is 0.812. The Labute approximate surface area is 140 Å². The molecule has 2 heterocycles. The maximum Gasteiger partial charge on any atom is 0.122 e. The van der Waals surface area contributed by atoms with Gasteiger partial charge in [0.1, 0.15) is 11.5 Å². The average Bonchev–Trinajstić information content (AvgIpc) is 3.08. The third-order valence-corrected chi connectivity index (χ3v) is 5.63. The minimum absolute atomic E-state index is 0.336. The van der Waals surface area contributed by atoms with Crippen molar-refractivity contribution in [2.24, 2.45) is 0 Å². The highest BCUT2D eigenvalue weighted by Crippen LogP contribution is 2.27. The molecule has 0 radical (unpaired) electrons. The molecule has 1 saturated heterocycles. The van der Waals surface area contributed by atoms with Crippen LogP contribution in [0.4, 0.5) is 0 Å². The van der Waals surface area contributed by atoms with E-state index in [1.165, 1.54) is 25.9 Å². The Bertz CT molecular complexity index is 446. The van der Waals surface area contributed by atoms with Gasteiger partial charge in [0.15, 0.2) is 0 Å². The van der Waals surface area contributed by atoms with Crippen molar-refractivity contribution in [2.45, 2.75) is 64.3 Å². The van der Waals surface area contributed by atoms with Crippen molar-refractivity contribution < 1.29 is 4.42 Å². The summed E-state index contributed by atoms with van der Waals surface area (Å²) >= 11 is 2.03. The number of hydrogen-bond acceptors (Lipinski definition) is 4. The highest BCUT2D eigenvalue weighted by atomic mass is 32.2. The fourth-order valence-corrected chi connectivity index (χ4v) is 3.71. The molecular weight excluding hydrogens is 292 g/mol. The van der Waals surface area contributed by atoms with Crippen LogP contribution in [-0.4, -0.2) is 41.1 Å². The van der Waals surface area contributed by atoms with E-state index in [0.717, 1.165) is 23.8 Å². The normalized spacial score (nSPS) is 19.5. The summed E-state index contributed by atoms with van der Waals surface area (Å²) < 4.78 is 6.25. The minimum atomic E-state index is 0.336. The second-order valence-electron chi connectivity index (χ2n) is 7.44. The summed E-state index contributed by atoms with van der Waals surface area (Å²) in [5, 5.41) is 3.72. The van der Waals surface area contributed by atoms with E-state index < -0.39 is 0 Å². The zero-order valence-corrected chi connectivity index (χ0v) is 15.6. The van der Waals surface area contributed by atoms with E-state index in [0.29, 0.717) is 16.8 Å². The Morgan fingerprint density at radius 3 is 2.50 bits per heavy atom. The Hall–Kier alpha value is -0.450. The molecule has 0 saturated carbocycles. The first kappa shape index (κ1) is 17.9. The van der Waals surface area contributed by atoms with E-state index in [9.17, 15) is 0 Å². The van der Waals surface area contributed by atoms with Crippen LogP contribution in [0, 0.1) is 6.92 Å². The maximum atomic E-state index is 5.92. The summed E-state index contributed by atoms with van der Waals surface area (Å²) in [6.45, 7) is 14.5. The zero-order chi connectivity index (χ0) is 16.2. The predicted octanol–water partition coefficient (Wildman–Crippen LogP) is 4.23. The van der Waals surface area contributed by atoms with Gasteiger partial charge in [-0.1, -0.05) is 20.8 Å². The molecule has 22 heavy (non-hydrogen) atoms. The van der Waals surface area contributed by atoms with E-state index in [4.69, 9.17) is 4.42 Å². The Morgan fingerprint density at radius 2 is 1.95 bits per heavy atom. The average molecular weight is 325 g/mol. The van der Waals surface area contributed by atoms with Crippen LogP contribution in [0.5, 0.6) is 0 Å². The summed E-state index contributed by atoms with van der Waals surface area (Å²) in [7, 11) is 0. The fourth-order valence-electron chi connectivity index (χ4n) is 2.84. The van der Waals surface area contributed by atoms with Gasteiger partial charge >= 0.3 is 0 Å². The number of likely N-dealkylation sites (tertiary alicyclic amines) is 1. The third-order valence-electron chi connectivity index (χ3n) is 4.10. The molecule has 0 aromatic carbocycles. The molecule has 1 aromatic rings. The third kappa shape index (κ3) is 5.64. The number of aryl methyl sites for hydroxylation is 1. The Balaban J connectivity index is 1.89. The van der Waals surface area contributed by atoms with Crippen molar-refractivity contribution in [2.75, 3.05) is 25.4 Å². The van der Waals surface area contributed by atoms with E-state index in [-0.39, 0.29) is 0 Å². The van der Waals surface area contributed by atoms with Crippen molar-refractivity contribution in [3.05, 3.63) is 23.7 Å². The first-order chi connectivity index (χ1) is 10.3. The fraction of sp³-hybridized carbons (Fsp3) is 0.778. The lowest BCUT2D eigenvalue weighted by Gasteiger charge is -2.28. The van der Waals surface area contributed by atoms with Crippen LogP contribution in [-0.2, 0) is 0 Å². The molecule has 2 atom stereocenters. The SMILES string of the molecule is Cc1ccc([C@@H](CN[C@H](C)CSC(C)(C)C)N2CCCC2)o1. The van der Waals surface area contributed by atoms with Gasteiger partial charge in [-0.15, -0.1) is 0 Å². The highest BCUT2D eigenvalue weighted by molar-refractivity contribution is 8.00. The van der Waals surface area contributed by atoms with Gasteiger partial charge in [0.25, 0.3) is 0 Å². The zero-order valence-electron chi connectivity index (χ0n) is 14.8. The standard InChI is InChI=1S/C18H32N2OS/c1-14(13-22-18(3,4)5)19-12-16(20-10-6-7-11-20)17-9-8-15(2)21-17/h8-9,14,16,19H,6-7,10-13H2,1-5H3/t14-,16-/m1/s1. The van der Waals surface area contributed by atoms with Crippen LogP contribution < -0.4 is 5.32 Å². The molecule has 0 bridgehead atoms. The van der Waals surface area contributed by atoms with Crippen molar-refractivity contribution in [1.82, 2.24) is 10.2 Å². The lowest BCUT2D eigenvalue weighted by molar-refractivity contribution is 0.205. The van der Waals surface area contributed by atoms with E-state index in [1.54, 1.807) is 0 Å². The first-order valence-electron chi connectivity index (χ1n) is 8.53. The Morgan fingerprint density at radius 1 is 1.27 bits per heavy atom. The van der Waals surface area contributed by atoms with Gasteiger partial charge in [-0.05, 0) is 51.9 Å². The molecule has 1 aromatic heterocycles. The largest absolute Gasteiger partial charge is 0.465 e. The second-order valence-corrected chi connectivity index (χ2v) is 9.29. The minimum Gasteiger partial charge on any atom is -0.465 e. The molecule has 4 heteroatoms. The van der Waals surface area contributed by atoms with Crippen molar-refractivity contribution in [3.8, 4) is 0 Å². The molecule has 1 N–H and O–H groups in total. The molecule has 0 spiro atoms. The number of hydrogen-bond donors (Lipinski definition) is 1. The van der Waals surface area contributed by atoms with E-state index in [1.807, 2.05) is 18.7 Å². The summed E-state index contributed by atoms with van der Waals surface area (Å²) in [5.74, 6) is 3.27. The number of rotatable bonds is 7. The van der Waals surface area contributed by atoms with Crippen LogP contribution in [0.3, 0.4) is 0 Å². The molecule has 1 aliphatic heterocycles. The molecule has 1 aliphatic rings. The van der Waals surface area contributed by atoms with Gasteiger partial charge in [0.05, 0.1) is 6.04 Å². The first-order valence-corrected chi connectivity index (χ1v) is 9.51. The van der Waals surface area contributed by atoms with Gasteiger partial charge in [0.2, 0.25) is 0 Å². The van der Waals surface area contributed by atoms with Crippen LogP contribution in [0.1, 0.15) is 58.1 Å². The summed E-state index contributed by atoms with van der Waals surface area (Å²) in [4.78, 5) is 2.56. The number of nitrogens with zero attached hydrogens (tertiary/aromatic N) is 1. The lowest BCUT2D eigenvalue weighted by Crippen LogP contribution is -2.39. The molecule has 1 fully saturated rings. The van der Waals surface area contributed by atoms with Gasteiger partial charge in [0, 0.05) is 23.1 Å². The highest BCUT2D eigenvalue weighted by Gasteiger charge is 2.26. The van der Waals surface area contributed by atoms with Crippen molar-refractivity contribution in [1.29, 1.82) is 0 Å². The smallest absolute Gasteiger partial charge is 0.122 e. The molecule has 126 valence electrons. The predicted molar refractivity (Wildman–Crippen MR) is 96.7 cm³/mol.